The number of ether oxygens (including phenoxy) is 1. The van der Waals surface area contributed by atoms with Gasteiger partial charge in [-0.05, 0) is 39.7 Å². The van der Waals surface area contributed by atoms with Gasteiger partial charge in [0.05, 0.1) is 11.7 Å². The van der Waals surface area contributed by atoms with Crippen molar-refractivity contribution >= 4 is 0 Å². The third-order valence-electron chi connectivity index (χ3n) is 3.06. The molecular formula is C11H23NO2. The molecule has 1 atom stereocenters. The van der Waals surface area contributed by atoms with Gasteiger partial charge in [0.15, 0.2) is 0 Å². The van der Waals surface area contributed by atoms with Crippen LogP contribution in [0, 0.1) is 0 Å². The van der Waals surface area contributed by atoms with Crippen LogP contribution in [-0.2, 0) is 4.74 Å². The molecule has 0 aromatic heterocycles. The first-order chi connectivity index (χ1) is 6.53. The third-order valence-corrected chi connectivity index (χ3v) is 3.06. The number of β-amino-alcohol motifs (C(OH)–C–C–N with tert-alkyl or cyclic N) is 1. The Morgan fingerprint density at radius 2 is 2.21 bits per heavy atom. The summed E-state index contributed by atoms with van der Waals surface area (Å²) in [6.45, 7) is 7.19. The van der Waals surface area contributed by atoms with E-state index in [1.165, 1.54) is 0 Å². The van der Waals surface area contributed by atoms with Crippen LogP contribution in [-0.4, -0.2) is 48.5 Å². The highest BCUT2D eigenvalue weighted by molar-refractivity contribution is 4.75. The SMILES string of the molecule is COC(C)(C)CCN1CCC[C@H](O)C1. The van der Waals surface area contributed by atoms with E-state index in [2.05, 4.69) is 18.7 Å². The van der Waals surface area contributed by atoms with Crippen molar-refractivity contribution < 1.29 is 9.84 Å². The van der Waals surface area contributed by atoms with Crippen molar-refractivity contribution in [3.05, 3.63) is 0 Å². The van der Waals surface area contributed by atoms with Crippen molar-refractivity contribution in [2.45, 2.75) is 44.8 Å². The molecule has 0 bridgehead atoms. The van der Waals surface area contributed by atoms with E-state index >= 15 is 0 Å². The van der Waals surface area contributed by atoms with E-state index in [4.69, 9.17) is 4.74 Å². The Kier molecular flexibility index (Phi) is 4.35. The van der Waals surface area contributed by atoms with Crippen LogP contribution in [0.15, 0.2) is 0 Å². The summed E-state index contributed by atoms with van der Waals surface area (Å²) in [6, 6.07) is 0. The highest BCUT2D eigenvalue weighted by Gasteiger charge is 2.21. The van der Waals surface area contributed by atoms with Crippen LogP contribution in [0.4, 0.5) is 0 Å². The smallest absolute Gasteiger partial charge is 0.0667 e. The molecule has 0 unspecified atom stereocenters. The fraction of sp³-hybridized carbons (Fsp3) is 1.00. The average Bonchev–Trinajstić information content (AvgIpc) is 2.15. The molecule has 1 aliphatic rings. The summed E-state index contributed by atoms with van der Waals surface area (Å²) in [4.78, 5) is 2.33. The molecule has 3 nitrogen and oxygen atoms in total. The molecule has 3 heteroatoms. The summed E-state index contributed by atoms with van der Waals surface area (Å²) in [5.74, 6) is 0. The van der Waals surface area contributed by atoms with Crippen molar-refractivity contribution in [2.24, 2.45) is 0 Å². The predicted octanol–water partition coefficient (Wildman–Crippen LogP) is 1.26. The summed E-state index contributed by atoms with van der Waals surface area (Å²) >= 11 is 0. The second-order valence-corrected chi connectivity index (χ2v) is 4.81. The van der Waals surface area contributed by atoms with Crippen LogP contribution in [0.25, 0.3) is 0 Å². The number of aliphatic hydroxyl groups is 1. The molecule has 1 fully saturated rings. The summed E-state index contributed by atoms with van der Waals surface area (Å²) in [6.07, 6.45) is 2.99. The van der Waals surface area contributed by atoms with Crippen LogP contribution in [0.1, 0.15) is 33.1 Å². The van der Waals surface area contributed by atoms with Gasteiger partial charge < -0.3 is 14.7 Å². The molecule has 0 saturated carbocycles. The van der Waals surface area contributed by atoms with E-state index in [9.17, 15) is 5.11 Å². The largest absolute Gasteiger partial charge is 0.392 e. The molecule has 1 heterocycles. The zero-order chi connectivity index (χ0) is 10.6. The third kappa shape index (κ3) is 3.95. The van der Waals surface area contributed by atoms with Gasteiger partial charge in [-0.25, -0.2) is 0 Å². The van der Waals surface area contributed by atoms with Crippen molar-refractivity contribution in [3.8, 4) is 0 Å². The van der Waals surface area contributed by atoms with E-state index < -0.39 is 0 Å². The van der Waals surface area contributed by atoms with Gasteiger partial charge in [-0.15, -0.1) is 0 Å². The van der Waals surface area contributed by atoms with E-state index in [0.717, 1.165) is 38.9 Å². The molecule has 1 aliphatic heterocycles. The van der Waals surface area contributed by atoms with Gasteiger partial charge in [0.25, 0.3) is 0 Å². The zero-order valence-electron chi connectivity index (χ0n) is 9.62. The van der Waals surface area contributed by atoms with Gasteiger partial charge >= 0.3 is 0 Å². The number of nitrogens with zero attached hydrogens (tertiary/aromatic N) is 1. The van der Waals surface area contributed by atoms with Crippen LogP contribution >= 0.6 is 0 Å². The van der Waals surface area contributed by atoms with Gasteiger partial charge in [0.1, 0.15) is 0 Å². The molecule has 1 N–H and O–H groups in total. The van der Waals surface area contributed by atoms with Crippen LogP contribution in [0.3, 0.4) is 0 Å². The molecule has 0 aromatic rings. The van der Waals surface area contributed by atoms with E-state index in [-0.39, 0.29) is 11.7 Å². The molecule has 14 heavy (non-hydrogen) atoms. The predicted molar refractivity (Wildman–Crippen MR) is 57.4 cm³/mol. The molecule has 0 amide bonds. The maximum Gasteiger partial charge on any atom is 0.0667 e. The average molecular weight is 201 g/mol. The number of hydrogen-bond acceptors (Lipinski definition) is 3. The first kappa shape index (κ1) is 12.0. The van der Waals surface area contributed by atoms with Crippen LogP contribution < -0.4 is 0 Å². The summed E-state index contributed by atoms with van der Waals surface area (Å²) < 4.78 is 5.37. The quantitative estimate of drug-likeness (QED) is 0.743. The van der Waals surface area contributed by atoms with Crippen molar-refractivity contribution in [2.75, 3.05) is 26.7 Å². The Morgan fingerprint density at radius 3 is 2.79 bits per heavy atom. The first-order valence-electron chi connectivity index (χ1n) is 5.49. The molecule has 0 spiro atoms. The number of methoxy groups -OCH3 is 1. The fourth-order valence-corrected chi connectivity index (χ4v) is 1.76. The van der Waals surface area contributed by atoms with Crippen molar-refractivity contribution in [1.29, 1.82) is 0 Å². The van der Waals surface area contributed by atoms with E-state index in [0.29, 0.717) is 0 Å². The Labute approximate surface area is 87.1 Å². The molecule has 0 aliphatic carbocycles. The monoisotopic (exact) mass is 201 g/mol. The van der Waals surface area contributed by atoms with Gasteiger partial charge in [0.2, 0.25) is 0 Å². The Hall–Kier alpha value is -0.120. The van der Waals surface area contributed by atoms with E-state index in [1.807, 2.05) is 0 Å². The topological polar surface area (TPSA) is 32.7 Å². The molecule has 1 saturated heterocycles. The van der Waals surface area contributed by atoms with Gasteiger partial charge in [-0.1, -0.05) is 0 Å². The summed E-state index contributed by atoms with van der Waals surface area (Å²) in [7, 11) is 1.76. The maximum atomic E-state index is 9.49. The Morgan fingerprint density at radius 1 is 1.50 bits per heavy atom. The fourth-order valence-electron chi connectivity index (χ4n) is 1.76. The molecule has 0 aromatic carbocycles. The summed E-state index contributed by atoms with van der Waals surface area (Å²) in [5, 5.41) is 9.49. The van der Waals surface area contributed by atoms with Crippen molar-refractivity contribution in [1.82, 2.24) is 4.90 Å². The second kappa shape index (κ2) is 5.10. The Bertz CT molecular complexity index is 171. The Balaban J connectivity index is 2.23. The van der Waals surface area contributed by atoms with E-state index in [1.54, 1.807) is 7.11 Å². The molecule has 1 rings (SSSR count). The van der Waals surface area contributed by atoms with Gasteiger partial charge in [0, 0.05) is 20.2 Å². The number of hydrogen-bond donors (Lipinski definition) is 1. The van der Waals surface area contributed by atoms with Crippen molar-refractivity contribution in [3.63, 3.8) is 0 Å². The number of rotatable bonds is 4. The lowest BCUT2D eigenvalue weighted by Gasteiger charge is -2.32. The first-order valence-corrected chi connectivity index (χ1v) is 5.49. The van der Waals surface area contributed by atoms with Crippen LogP contribution in [0.5, 0.6) is 0 Å². The molecule has 0 radical (unpaired) electrons. The van der Waals surface area contributed by atoms with Gasteiger partial charge in [-0.2, -0.15) is 0 Å². The highest BCUT2D eigenvalue weighted by Crippen LogP contribution is 2.16. The number of piperidine rings is 1. The minimum Gasteiger partial charge on any atom is -0.392 e. The minimum atomic E-state index is -0.116. The lowest BCUT2D eigenvalue weighted by atomic mass is 10.0. The van der Waals surface area contributed by atoms with Crippen LogP contribution in [0.2, 0.25) is 0 Å². The zero-order valence-corrected chi connectivity index (χ0v) is 9.62. The molecule has 84 valence electrons. The number of likely N-dealkylation sites (tertiary alicyclic amines) is 1. The molecular weight excluding hydrogens is 178 g/mol. The van der Waals surface area contributed by atoms with Gasteiger partial charge in [-0.3, -0.25) is 0 Å². The standard InChI is InChI=1S/C11H23NO2/c1-11(2,14-3)6-8-12-7-4-5-10(13)9-12/h10,13H,4-9H2,1-3H3/t10-/m0/s1. The maximum absolute atomic E-state index is 9.49. The number of aliphatic hydroxyl groups excluding tert-OH is 1. The lowest BCUT2D eigenvalue weighted by Crippen LogP contribution is -2.41. The highest BCUT2D eigenvalue weighted by atomic mass is 16.5. The lowest BCUT2D eigenvalue weighted by molar-refractivity contribution is -0.00180. The normalized spacial score (nSPS) is 25.3. The minimum absolute atomic E-state index is 0.0393. The summed E-state index contributed by atoms with van der Waals surface area (Å²) in [5.41, 5.74) is -0.0393. The second-order valence-electron chi connectivity index (χ2n) is 4.81.